The molecule has 0 saturated carbocycles. The third kappa shape index (κ3) is 4.02. The second kappa shape index (κ2) is 7.00. The van der Waals surface area contributed by atoms with Gasteiger partial charge in [0, 0.05) is 29.6 Å². The van der Waals surface area contributed by atoms with Crippen LogP contribution >= 0.6 is 11.3 Å². The van der Waals surface area contributed by atoms with Crippen molar-refractivity contribution in [2.75, 3.05) is 0 Å². The molecule has 0 spiro atoms. The van der Waals surface area contributed by atoms with Gasteiger partial charge in [-0.05, 0) is 54.1 Å². The van der Waals surface area contributed by atoms with Crippen LogP contribution in [0.5, 0.6) is 0 Å². The van der Waals surface area contributed by atoms with Crippen molar-refractivity contribution >= 4 is 29.0 Å². The van der Waals surface area contributed by atoms with E-state index in [0.29, 0.717) is 6.54 Å². The molecule has 114 valence electrons. The molecule has 0 atom stereocenters. The number of benzene rings is 1. The number of nitrogens with one attached hydrogen (secondary N) is 1. The molecule has 0 aliphatic rings. The Kier molecular flexibility index (Phi) is 5.06. The number of nitro benzene ring substituents is 1. The van der Waals surface area contributed by atoms with Gasteiger partial charge in [0.1, 0.15) is 0 Å². The number of thiophene rings is 1. The molecule has 1 N–H and O–H groups in total. The Bertz CT molecular complexity index is 717. The molecular weight excluding hydrogens is 300 g/mol. The summed E-state index contributed by atoms with van der Waals surface area (Å²) in [7, 11) is 0. The lowest BCUT2D eigenvalue weighted by Crippen LogP contribution is -2.20. The number of carbonyl (C=O) groups excluding carboxylic acids is 1. The zero-order valence-electron chi connectivity index (χ0n) is 12.3. The average Bonchev–Trinajstić information content (AvgIpc) is 2.83. The first-order valence-corrected chi connectivity index (χ1v) is 7.59. The molecule has 5 nitrogen and oxygen atoms in total. The van der Waals surface area contributed by atoms with Gasteiger partial charge in [0.05, 0.1) is 4.92 Å². The van der Waals surface area contributed by atoms with Crippen molar-refractivity contribution in [2.45, 2.75) is 20.4 Å². The number of aryl methyl sites for hydroxylation is 1. The van der Waals surface area contributed by atoms with E-state index < -0.39 is 4.92 Å². The van der Waals surface area contributed by atoms with Gasteiger partial charge in [-0.1, -0.05) is 0 Å². The zero-order chi connectivity index (χ0) is 16.1. The fraction of sp³-hybridized carbons (Fsp3) is 0.188. The lowest BCUT2D eigenvalue weighted by Gasteiger charge is -2.02. The van der Waals surface area contributed by atoms with Crippen LogP contribution in [-0.2, 0) is 11.3 Å². The largest absolute Gasteiger partial charge is 0.348 e. The van der Waals surface area contributed by atoms with E-state index in [1.54, 1.807) is 29.5 Å². The number of amides is 1. The topological polar surface area (TPSA) is 72.2 Å². The maximum atomic E-state index is 11.8. The second-order valence-corrected chi connectivity index (χ2v) is 5.93. The van der Waals surface area contributed by atoms with Gasteiger partial charge < -0.3 is 5.32 Å². The van der Waals surface area contributed by atoms with Crippen LogP contribution in [0.4, 0.5) is 5.69 Å². The minimum atomic E-state index is -0.453. The summed E-state index contributed by atoms with van der Waals surface area (Å²) in [5.41, 5.74) is 3.11. The number of nitro groups is 1. The highest BCUT2D eigenvalue weighted by molar-refractivity contribution is 7.10. The van der Waals surface area contributed by atoms with Crippen molar-refractivity contribution < 1.29 is 9.72 Å². The molecule has 1 amide bonds. The smallest absolute Gasteiger partial charge is 0.269 e. The standard InChI is InChI=1S/C16H16N2O3S/c1-11-12(2)22-10-14(11)9-17-16(19)8-5-13-3-6-15(7-4-13)18(20)21/h3-8,10H,9H2,1-2H3,(H,17,19)/b8-5+. The molecule has 0 saturated heterocycles. The van der Waals surface area contributed by atoms with Gasteiger partial charge in [-0.2, -0.15) is 0 Å². The van der Waals surface area contributed by atoms with E-state index in [4.69, 9.17) is 0 Å². The number of carbonyl (C=O) groups is 1. The summed E-state index contributed by atoms with van der Waals surface area (Å²) in [6.07, 6.45) is 3.06. The van der Waals surface area contributed by atoms with E-state index in [1.807, 2.05) is 12.3 Å². The molecule has 0 aliphatic carbocycles. The lowest BCUT2D eigenvalue weighted by atomic mass is 10.2. The van der Waals surface area contributed by atoms with Crippen LogP contribution in [0.2, 0.25) is 0 Å². The molecule has 6 heteroatoms. The number of nitrogens with zero attached hydrogens (tertiary/aromatic N) is 1. The molecule has 22 heavy (non-hydrogen) atoms. The van der Waals surface area contributed by atoms with E-state index in [0.717, 1.165) is 11.1 Å². The fourth-order valence-corrected chi connectivity index (χ4v) is 2.74. The van der Waals surface area contributed by atoms with Crippen molar-refractivity contribution in [1.29, 1.82) is 0 Å². The molecule has 0 radical (unpaired) electrons. The Morgan fingerprint density at radius 1 is 1.32 bits per heavy atom. The van der Waals surface area contributed by atoms with Gasteiger partial charge in [-0.25, -0.2) is 0 Å². The molecule has 0 unspecified atom stereocenters. The minimum absolute atomic E-state index is 0.0323. The Morgan fingerprint density at radius 3 is 2.55 bits per heavy atom. The van der Waals surface area contributed by atoms with Crippen LogP contribution in [0.3, 0.4) is 0 Å². The van der Waals surface area contributed by atoms with Crippen molar-refractivity contribution in [1.82, 2.24) is 5.32 Å². The Hall–Kier alpha value is -2.47. The van der Waals surface area contributed by atoms with Gasteiger partial charge in [0.2, 0.25) is 5.91 Å². The summed E-state index contributed by atoms with van der Waals surface area (Å²) >= 11 is 1.67. The number of non-ortho nitro benzene ring substituents is 1. The summed E-state index contributed by atoms with van der Waals surface area (Å²) in [4.78, 5) is 23.1. The van der Waals surface area contributed by atoms with Crippen LogP contribution in [0.25, 0.3) is 6.08 Å². The molecule has 1 aromatic carbocycles. The number of rotatable bonds is 5. The Labute approximate surface area is 132 Å². The third-order valence-corrected chi connectivity index (χ3v) is 4.43. The summed E-state index contributed by atoms with van der Waals surface area (Å²) in [5, 5.41) is 15.4. The molecule has 0 fully saturated rings. The molecule has 0 bridgehead atoms. The van der Waals surface area contributed by atoms with Crippen LogP contribution < -0.4 is 5.32 Å². The van der Waals surface area contributed by atoms with Gasteiger partial charge in [-0.15, -0.1) is 11.3 Å². The predicted octanol–water partition coefficient (Wildman–Crippen LogP) is 3.60. The Balaban J connectivity index is 1.91. The lowest BCUT2D eigenvalue weighted by molar-refractivity contribution is -0.384. The maximum Gasteiger partial charge on any atom is 0.269 e. The quantitative estimate of drug-likeness (QED) is 0.520. The molecule has 0 aliphatic heterocycles. The van der Waals surface area contributed by atoms with Crippen molar-refractivity contribution in [2.24, 2.45) is 0 Å². The molecule has 2 rings (SSSR count). The first-order chi connectivity index (χ1) is 10.5. The van der Waals surface area contributed by atoms with Crippen LogP contribution in [0.15, 0.2) is 35.7 Å². The second-order valence-electron chi connectivity index (χ2n) is 4.84. The predicted molar refractivity (Wildman–Crippen MR) is 87.8 cm³/mol. The summed E-state index contributed by atoms with van der Waals surface area (Å²) in [6, 6.07) is 6.03. The van der Waals surface area contributed by atoms with Crippen molar-refractivity contribution in [3.05, 3.63) is 67.4 Å². The number of hydrogen-bond donors (Lipinski definition) is 1. The van der Waals surface area contributed by atoms with Gasteiger partial charge >= 0.3 is 0 Å². The molecular formula is C16H16N2O3S. The van der Waals surface area contributed by atoms with Gasteiger partial charge in [0.25, 0.3) is 5.69 Å². The van der Waals surface area contributed by atoms with Crippen molar-refractivity contribution in [3.8, 4) is 0 Å². The van der Waals surface area contributed by atoms with E-state index >= 15 is 0 Å². The highest BCUT2D eigenvalue weighted by Gasteiger charge is 2.05. The molecule has 2 aromatic rings. The molecule has 1 aromatic heterocycles. The SMILES string of the molecule is Cc1scc(CNC(=O)/C=C/c2ccc([N+](=O)[O-])cc2)c1C. The summed E-state index contributed by atoms with van der Waals surface area (Å²) in [5.74, 6) is -0.193. The third-order valence-electron chi connectivity index (χ3n) is 3.37. The fourth-order valence-electron chi connectivity index (χ4n) is 1.86. The monoisotopic (exact) mass is 316 g/mol. The van der Waals surface area contributed by atoms with E-state index in [1.165, 1.54) is 28.6 Å². The Morgan fingerprint density at radius 2 is 2.00 bits per heavy atom. The number of hydrogen-bond acceptors (Lipinski definition) is 4. The van der Waals surface area contributed by atoms with E-state index in [2.05, 4.69) is 12.2 Å². The first kappa shape index (κ1) is 15.9. The normalized spacial score (nSPS) is 10.8. The first-order valence-electron chi connectivity index (χ1n) is 6.71. The highest BCUT2D eigenvalue weighted by Crippen LogP contribution is 2.20. The van der Waals surface area contributed by atoms with E-state index in [-0.39, 0.29) is 11.6 Å². The maximum absolute atomic E-state index is 11.8. The van der Waals surface area contributed by atoms with Gasteiger partial charge in [0.15, 0.2) is 0 Å². The zero-order valence-corrected chi connectivity index (χ0v) is 13.1. The summed E-state index contributed by atoms with van der Waals surface area (Å²) in [6.45, 7) is 4.60. The van der Waals surface area contributed by atoms with Crippen LogP contribution in [0.1, 0.15) is 21.6 Å². The highest BCUT2D eigenvalue weighted by atomic mass is 32.1. The van der Waals surface area contributed by atoms with Crippen LogP contribution in [-0.4, -0.2) is 10.8 Å². The summed E-state index contributed by atoms with van der Waals surface area (Å²) < 4.78 is 0. The molecule has 1 heterocycles. The minimum Gasteiger partial charge on any atom is -0.348 e. The van der Waals surface area contributed by atoms with Crippen molar-refractivity contribution in [3.63, 3.8) is 0 Å². The van der Waals surface area contributed by atoms with Gasteiger partial charge in [-0.3, -0.25) is 14.9 Å². The average molecular weight is 316 g/mol. The van der Waals surface area contributed by atoms with Crippen LogP contribution in [0, 0.1) is 24.0 Å². The van der Waals surface area contributed by atoms with E-state index in [9.17, 15) is 14.9 Å².